The standard InChI is InChI=1S/C18H19F3N2O2/c19-18(20,21)25-16-3-1-2-13(8-16)9-23-10-15(12-24)17(11-23)14-4-6-22-7-5-14/h1-8,15,17,24H,9-12H2/t15-,17-/m0/s1. The van der Waals surface area contributed by atoms with Crippen LogP contribution in [0.2, 0.25) is 0 Å². The monoisotopic (exact) mass is 352 g/mol. The van der Waals surface area contributed by atoms with Crippen LogP contribution in [0.25, 0.3) is 0 Å². The Morgan fingerprint density at radius 1 is 1.16 bits per heavy atom. The molecular formula is C18H19F3N2O2. The average molecular weight is 352 g/mol. The molecule has 2 heterocycles. The third-order valence-corrected chi connectivity index (χ3v) is 4.42. The van der Waals surface area contributed by atoms with Crippen LogP contribution < -0.4 is 4.74 Å². The second kappa shape index (κ2) is 7.41. The van der Waals surface area contributed by atoms with Gasteiger partial charge in [-0.1, -0.05) is 12.1 Å². The van der Waals surface area contributed by atoms with Crippen LogP contribution >= 0.6 is 0 Å². The van der Waals surface area contributed by atoms with Crippen LogP contribution in [-0.2, 0) is 6.54 Å². The first-order chi connectivity index (χ1) is 11.9. The Kier molecular flexibility index (Phi) is 5.24. The first kappa shape index (κ1) is 17.7. The number of alkyl halides is 3. The topological polar surface area (TPSA) is 45.6 Å². The molecule has 4 nitrogen and oxygen atoms in total. The summed E-state index contributed by atoms with van der Waals surface area (Å²) in [5.74, 6) is 0.0632. The Bertz CT molecular complexity index is 694. The van der Waals surface area contributed by atoms with Crippen molar-refractivity contribution in [2.24, 2.45) is 5.92 Å². The Hall–Kier alpha value is -2.12. The molecule has 1 N–H and O–H groups in total. The van der Waals surface area contributed by atoms with Crippen molar-refractivity contribution >= 4 is 0 Å². The van der Waals surface area contributed by atoms with Crippen LogP contribution in [0.1, 0.15) is 17.0 Å². The lowest BCUT2D eigenvalue weighted by atomic mass is 9.90. The number of hydrogen-bond acceptors (Lipinski definition) is 4. The summed E-state index contributed by atoms with van der Waals surface area (Å²) in [4.78, 5) is 6.15. The van der Waals surface area contributed by atoms with Crippen LogP contribution in [-0.4, -0.2) is 41.0 Å². The van der Waals surface area contributed by atoms with Crippen molar-refractivity contribution in [3.05, 3.63) is 59.9 Å². The highest BCUT2D eigenvalue weighted by Gasteiger charge is 2.34. The highest BCUT2D eigenvalue weighted by molar-refractivity contribution is 5.29. The van der Waals surface area contributed by atoms with E-state index >= 15 is 0 Å². The molecule has 1 fully saturated rings. The molecule has 2 atom stereocenters. The second-order valence-electron chi connectivity index (χ2n) is 6.22. The summed E-state index contributed by atoms with van der Waals surface area (Å²) in [5, 5.41) is 9.67. The number of rotatable bonds is 5. The predicted octanol–water partition coefficient (Wildman–Crippen LogP) is 3.19. The number of hydrogen-bond donors (Lipinski definition) is 1. The lowest BCUT2D eigenvalue weighted by Gasteiger charge is -2.17. The quantitative estimate of drug-likeness (QED) is 0.898. The number of pyridine rings is 1. The van der Waals surface area contributed by atoms with E-state index in [0.29, 0.717) is 13.1 Å². The van der Waals surface area contributed by atoms with E-state index in [9.17, 15) is 18.3 Å². The molecule has 1 aliphatic rings. The predicted molar refractivity (Wildman–Crippen MR) is 86.0 cm³/mol. The minimum absolute atomic E-state index is 0.0702. The van der Waals surface area contributed by atoms with Crippen molar-refractivity contribution in [2.75, 3.05) is 19.7 Å². The maximum absolute atomic E-state index is 12.3. The van der Waals surface area contributed by atoms with E-state index in [4.69, 9.17) is 0 Å². The summed E-state index contributed by atoms with van der Waals surface area (Å²) in [6, 6.07) is 9.90. The third-order valence-electron chi connectivity index (χ3n) is 4.42. The summed E-state index contributed by atoms with van der Waals surface area (Å²) in [5.41, 5.74) is 1.86. The molecule has 0 saturated carbocycles. The molecule has 7 heteroatoms. The highest BCUT2D eigenvalue weighted by Crippen LogP contribution is 2.33. The summed E-state index contributed by atoms with van der Waals surface area (Å²) in [7, 11) is 0. The summed E-state index contributed by atoms with van der Waals surface area (Å²) >= 11 is 0. The van der Waals surface area contributed by atoms with Gasteiger partial charge >= 0.3 is 6.36 Å². The zero-order valence-electron chi connectivity index (χ0n) is 13.5. The fourth-order valence-electron chi connectivity index (χ4n) is 3.36. The van der Waals surface area contributed by atoms with Crippen molar-refractivity contribution < 1.29 is 23.0 Å². The van der Waals surface area contributed by atoms with E-state index in [-0.39, 0.29) is 24.2 Å². The molecule has 0 aliphatic carbocycles. The lowest BCUT2D eigenvalue weighted by Crippen LogP contribution is -2.21. The van der Waals surface area contributed by atoms with Gasteiger partial charge in [-0.2, -0.15) is 0 Å². The zero-order valence-corrected chi connectivity index (χ0v) is 13.5. The van der Waals surface area contributed by atoms with Gasteiger partial charge in [0.05, 0.1) is 0 Å². The molecule has 25 heavy (non-hydrogen) atoms. The van der Waals surface area contributed by atoms with Crippen LogP contribution in [0, 0.1) is 5.92 Å². The number of aliphatic hydroxyl groups is 1. The minimum Gasteiger partial charge on any atom is -0.406 e. The number of aromatic nitrogens is 1. The van der Waals surface area contributed by atoms with Gasteiger partial charge in [0, 0.05) is 50.5 Å². The van der Waals surface area contributed by atoms with Crippen LogP contribution in [0.3, 0.4) is 0 Å². The van der Waals surface area contributed by atoms with Crippen molar-refractivity contribution in [2.45, 2.75) is 18.8 Å². The molecule has 2 aromatic rings. The molecule has 0 bridgehead atoms. The molecule has 1 aromatic carbocycles. The molecule has 1 aliphatic heterocycles. The van der Waals surface area contributed by atoms with Gasteiger partial charge < -0.3 is 9.84 Å². The van der Waals surface area contributed by atoms with Crippen LogP contribution in [0.4, 0.5) is 13.2 Å². The van der Waals surface area contributed by atoms with E-state index < -0.39 is 6.36 Å². The van der Waals surface area contributed by atoms with E-state index in [1.54, 1.807) is 24.5 Å². The Morgan fingerprint density at radius 2 is 1.92 bits per heavy atom. The number of likely N-dealkylation sites (tertiary alicyclic amines) is 1. The Morgan fingerprint density at radius 3 is 2.60 bits per heavy atom. The van der Waals surface area contributed by atoms with E-state index in [1.165, 1.54) is 12.1 Å². The van der Waals surface area contributed by atoms with Crippen LogP contribution in [0.5, 0.6) is 5.75 Å². The van der Waals surface area contributed by atoms with E-state index in [1.807, 2.05) is 12.1 Å². The second-order valence-corrected chi connectivity index (χ2v) is 6.22. The molecule has 134 valence electrons. The lowest BCUT2D eigenvalue weighted by molar-refractivity contribution is -0.274. The summed E-state index contributed by atoms with van der Waals surface area (Å²) in [6.45, 7) is 2.00. The number of halogens is 3. The average Bonchev–Trinajstić information content (AvgIpc) is 2.97. The third kappa shape index (κ3) is 4.70. The van der Waals surface area contributed by atoms with Crippen molar-refractivity contribution in [1.29, 1.82) is 0 Å². The maximum Gasteiger partial charge on any atom is 0.573 e. The zero-order chi connectivity index (χ0) is 17.9. The van der Waals surface area contributed by atoms with Crippen LogP contribution in [0.15, 0.2) is 48.8 Å². The van der Waals surface area contributed by atoms with Gasteiger partial charge in [0.2, 0.25) is 0 Å². The Balaban J connectivity index is 1.69. The van der Waals surface area contributed by atoms with Gasteiger partial charge in [0.25, 0.3) is 0 Å². The number of nitrogens with zero attached hydrogens (tertiary/aromatic N) is 2. The Labute approximate surface area is 143 Å². The van der Waals surface area contributed by atoms with E-state index in [2.05, 4.69) is 14.6 Å². The molecule has 1 aromatic heterocycles. The van der Waals surface area contributed by atoms with Gasteiger partial charge in [-0.15, -0.1) is 13.2 Å². The van der Waals surface area contributed by atoms with Gasteiger partial charge in [0.15, 0.2) is 0 Å². The largest absolute Gasteiger partial charge is 0.573 e. The minimum atomic E-state index is -4.69. The van der Waals surface area contributed by atoms with Crippen molar-refractivity contribution in [3.8, 4) is 5.75 Å². The van der Waals surface area contributed by atoms with Gasteiger partial charge in [-0.25, -0.2) is 0 Å². The fraction of sp³-hybridized carbons (Fsp3) is 0.389. The summed E-state index contributed by atoms with van der Waals surface area (Å²) in [6.07, 6.45) is -1.24. The smallest absolute Gasteiger partial charge is 0.406 e. The molecular weight excluding hydrogens is 333 g/mol. The van der Waals surface area contributed by atoms with Crippen molar-refractivity contribution in [1.82, 2.24) is 9.88 Å². The fourth-order valence-corrected chi connectivity index (χ4v) is 3.36. The molecule has 0 radical (unpaired) electrons. The first-order valence-corrected chi connectivity index (χ1v) is 8.02. The number of aliphatic hydroxyl groups excluding tert-OH is 1. The normalized spacial score (nSPS) is 21.4. The molecule has 0 amide bonds. The first-order valence-electron chi connectivity index (χ1n) is 8.02. The highest BCUT2D eigenvalue weighted by atomic mass is 19.4. The van der Waals surface area contributed by atoms with Gasteiger partial charge in [0.1, 0.15) is 5.75 Å². The van der Waals surface area contributed by atoms with Crippen molar-refractivity contribution in [3.63, 3.8) is 0 Å². The molecule has 0 unspecified atom stereocenters. The number of ether oxygens (including phenoxy) is 1. The SMILES string of the molecule is OC[C@@H]1CN(Cc2cccc(OC(F)(F)F)c2)C[C@H]1c1ccncc1. The maximum atomic E-state index is 12.3. The summed E-state index contributed by atoms with van der Waals surface area (Å²) < 4.78 is 41.0. The number of benzene rings is 1. The van der Waals surface area contributed by atoms with Gasteiger partial charge in [-0.3, -0.25) is 9.88 Å². The van der Waals surface area contributed by atoms with E-state index in [0.717, 1.165) is 17.7 Å². The molecule has 3 rings (SSSR count). The van der Waals surface area contributed by atoms with Gasteiger partial charge in [-0.05, 0) is 35.4 Å². The molecule has 0 spiro atoms. The molecule has 1 saturated heterocycles.